The molecular weight excluding hydrogens is 501 g/mol. The van der Waals surface area contributed by atoms with Crippen molar-refractivity contribution in [1.82, 2.24) is 19.5 Å². The molecule has 1 aliphatic rings. The highest BCUT2D eigenvalue weighted by Gasteiger charge is 2.29. The minimum absolute atomic E-state index is 0.0283. The molecule has 4 N–H and O–H groups in total. The molecule has 5 rings (SSSR count). The number of imidazole rings is 1. The lowest BCUT2D eigenvalue weighted by molar-refractivity contribution is -0.115. The molecule has 10 nitrogen and oxygen atoms in total. The minimum atomic E-state index is -4.51. The maximum Gasteiger partial charge on any atom is 0.405 e. The molecular formula is C25H25F3N8O2. The third-order valence-corrected chi connectivity index (χ3v) is 6.10. The molecule has 38 heavy (non-hydrogen) atoms. The zero-order valence-electron chi connectivity index (χ0n) is 20.4. The highest BCUT2D eigenvalue weighted by molar-refractivity contribution is 6.00. The van der Waals surface area contributed by atoms with Crippen molar-refractivity contribution >= 4 is 40.0 Å². The highest BCUT2D eigenvalue weighted by Crippen LogP contribution is 2.34. The van der Waals surface area contributed by atoms with Gasteiger partial charge in [-0.25, -0.2) is 15.0 Å². The number of nitrogens with one attached hydrogen (secondary N) is 2. The zero-order chi connectivity index (χ0) is 26.9. The average molecular weight is 527 g/mol. The first-order chi connectivity index (χ1) is 18.2. The van der Waals surface area contributed by atoms with E-state index >= 15 is 0 Å². The standard InChI is InChI=1S/C25H25F3N8O2/c1-35-14-31-19-17(3-2-4-18(19)35)20-23(30-13-25(26,27)28)34-24(21(33-20)22(29)37)32-15-5-7-16(8-6-15)36-9-11-38-12-10-36/h2-8,14H,9-13H2,1H3,(H2,29,37)(H2,30,32,34). The SMILES string of the molecule is Cn1cnc2c(-c3nc(C(N)=O)c(Nc4ccc(N5CCOCC5)cc4)nc3NCC(F)(F)F)cccc21. The van der Waals surface area contributed by atoms with Crippen molar-refractivity contribution in [2.45, 2.75) is 6.18 Å². The van der Waals surface area contributed by atoms with Crippen molar-refractivity contribution in [1.29, 1.82) is 0 Å². The number of rotatable bonds is 7. The normalized spacial score (nSPS) is 14.1. The number of amides is 1. The van der Waals surface area contributed by atoms with E-state index in [1.165, 1.54) is 0 Å². The molecule has 0 unspecified atom stereocenters. The van der Waals surface area contributed by atoms with E-state index < -0.39 is 18.6 Å². The van der Waals surface area contributed by atoms with Gasteiger partial charge in [-0.1, -0.05) is 12.1 Å². The van der Waals surface area contributed by atoms with Gasteiger partial charge in [-0.15, -0.1) is 0 Å². The fraction of sp³-hybridized carbons (Fsp3) is 0.280. The van der Waals surface area contributed by atoms with E-state index in [9.17, 15) is 18.0 Å². The number of aromatic nitrogens is 4. The quantitative estimate of drug-likeness (QED) is 0.333. The van der Waals surface area contributed by atoms with Gasteiger partial charge in [-0.2, -0.15) is 13.2 Å². The molecule has 4 aromatic rings. The highest BCUT2D eigenvalue weighted by atomic mass is 19.4. The fourth-order valence-corrected chi connectivity index (χ4v) is 4.25. The van der Waals surface area contributed by atoms with E-state index in [1.54, 1.807) is 42.2 Å². The van der Waals surface area contributed by atoms with Gasteiger partial charge in [0.15, 0.2) is 17.3 Å². The molecule has 1 saturated heterocycles. The summed E-state index contributed by atoms with van der Waals surface area (Å²) in [6.07, 6.45) is -2.93. The number of nitrogens with two attached hydrogens (primary N) is 1. The van der Waals surface area contributed by atoms with E-state index in [0.29, 0.717) is 30.0 Å². The number of fused-ring (bicyclic) bond motifs is 1. The summed E-state index contributed by atoms with van der Waals surface area (Å²) in [6.45, 7) is 1.47. The number of morpholine rings is 1. The van der Waals surface area contributed by atoms with Crippen molar-refractivity contribution in [3.8, 4) is 11.3 Å². The number of carbonyl (C=O) groups is 1. The first-order valence-corrected chi connectivity index (χ1v) is 11.8. The van der Waals surface area contributed by atoms with Crippen LogP contribution in [0.15, 0.2) is 48.8 Å². The smallest absolute Gasteiger partial charge is 0.378 e. The van der Waals surface area contributed by atoms with Crippen LogP contribution in [0.4, 0.5) is 36.2 Å². The third kappa shape index (κ3) is 5.32. The Morgan fingerprint density at radius 2 is 1.82 bits per heavy atom. The van der Waals surface area contributed by atoms with Gasteiger partial charge >= 0.3 is 6.18 Å². The van der Waals surface area contributed by atoms with Gasteiger partial charge in [0.25, 0.3) is 5.91 Å². The maximum absolute atomic E-state index is 13.2. The number of anilines is 4. The van der Waals surface area contributed by atoms with Crippen LogP contribution in [0, 0.1) is 0 Å². The molecule has 1 amide bonds. The Bertz CT molecular complexity index is 1460. The average Bonchev–Trinajstić information content (AvgIpc) is 3.29. The minimum Gasteiger partial charge on any atom is -0.378 e. The number of para-hydroxylation sites is 1. The molecule has 3 heterocycles. The van der Waals surface area contributed by atoms with Crippen molar-refractivity contribution in [3.63, 3.8) is 0 Å². The molecule has 0 spiro atoms. The van der Waals surface area contributed by atoms with Crippen LogP contribution in [0.3, 0.4) is 0 Å². The zero-order valence-corrected chi connectivity index (χ0v) is 20.4. The summed E-state index contributed by atoms with van der Waals surface area (Å²) >= 11 is 0. The second kappa shape index (κ2) is 10.2. The summed E-state index contributed by atoms with van der Waals surface area (Å²) in [5, 5.41) is 5.31. The Balaban J connectivity index is 1.55. The lowest BCUT2D eigenvalue weighted by Crippen LogP contribution is -2.36. The first-order valence-electron chi connectivity index (χ1n) is 11.8. The lowest BCUT2D eigenvalue weighted by Gasteiger charge is -2.29. The summed E-state index contributed by atoms with van der Waals surface area (Å²) in [4.78, 5) is 27.7. The third-order valence-electron chi connectivity index (χ3n) is 6.10. The Kier molecular flexibility index (Phi) is 6.76. The molecule has 2 aromatic heterocycles. The molecule has 198 valence electrons. The summed E-state index contributed by atoms with van der Waals surface area (Å²) < 4.78 is 46.6. The van der Waals surface area contributed by atoms with Crippen LogP contribution in [0.2, 0.25) is 0 Å². The molecule has 0 saturated carbocycles. The van der Waals surface area contributed by atoms with Crippen LogP contribution < -0.4 is 21.3 Å². The van der Waals surface area contributed by atoms with E-state index in [1.807, 2.05) is 18.2 Å². The lowest BCUT2D eigenvalue weighted by atomic mass is 10.1. The van der Waals surface area contributed by atoms with Gasteiger partial charge in [-0.3, -0.25) is 4.79 Å². The number of carbonyl (C=O) groups excluding carboxylic acids is 1. The topological polar surface area (TPSA) is 123 Å². The Morgan fingerprint density at radius 1 is 1.08 bits per heavy atom. The number of hydrogen-bond donors (Lipinski definition) is 3. The number of benzene rings is 2. The number of aryl methyl sites for hydroxylation is 1. The predicted molar refractivity (Wildman–Crippen MR) is 138 cm³/mol. The number of halogens is 3. The number of ether oxygens (including phenoxy) is 1. The monoisotopic (exact) mass is 526 g/mol. The van der Waals surface area contributed by atoms with Crippen LogP contribution in [0.25, 0.3) is 22.3 Å². The van der Waals surface area contributed by atoms with Gasteiger partial charge in [0.05, 0.1) is 30.6 Å². The van der Waals surface area contributed by atoms with E-state index in [4.69, 9.17) is 10.5 Å². The predicted octanol–water partition coefficient (Wildman–Crippen LogP) is 3.68. The van der Waals surface area contributed by atoms with Crippen molar-refractivity contribution in [2.24, 2.45) is 12.8 Å². The summed E-state index contributed by atoms with van der Waals surface area (Å²) in [5.41, 5.74) is 8.62. The first kappa shape index (κ1) is 25.3. The van der Waals surface area contributed by atoms with E-state index in [-0.39, 0.29) is 23.0 Å². The summed E-state index contributed by atoms with van der Waals surface area (Å²) in [6, 6.07) is 12.5. The number of nitrogens with zero attached hydrogens (tertiary/aromatic N) is 5. The molecule has 13 heteroatoms. The Morgan fingerprint density at radius 3 is 2.50 bits per heavy atom. The van der Waals surface area contributed by atoms with Crippen LogP contribution in [0.1, 0.15) is 10.5 Å². The fourth-order valence-electron chi connectivity index (χ4n) is 4.25. The Hall–Kier alpha value is -4.39. The molecule has 2 aromatic carbocycles. The van der Waals surface area contributed by atoms with Gasteiger partial charge in [0, 0.05) is 37.1 Å². The number of alkyl halides is 3. The van der Waals surface area contributed by atoms with Crippen LogP contribution >= 0.6 is 0 Å². The van der Waals surface area contributed by atoms with Gasteiger partial charge in [0.1, 0.15) is 12.2 Å². The van der Waals surface area contributed by atoms with Crippen LogP contribution in [-0.4, -0.2) is 64.5 Å². The second-order valence-corrected chi connectivity index (χ2v) is 8.75. The molecule has 0 radical (unpaired) electrons. The molecule has 0 aliphatic carbocycles. The molecule has 0 bridgehead atoms. The van der Waals surface area contributed by atoms with Gasteiger partial charge < -0.3 is 30.6 Å². The van der Waals surface area contributed by atoms with Gasteiger partial charge in [0.2, 0.25) is 0 Å². The Labute approximate surface area is 215 Å². The molecule has 1 fully saturated rings. The summed E-state index contributed by atoms with van der Waals surface area (Å²) in [7, 11) is 1.79. The largest absolute Gasteiger partial charge is 0.405 e. The van der Waals surface area contributed by atoms with Crippen molar-refractivity contribution < 1.29 is 22.7 Å². The van der Waals surface area contributed by atoms with E-state index in [2.05, 4.69) is 30.5 Å². The maximum atomic E-state index is 13.2. The van der Waals surface area contributed by atoms with Crippen molar-refractivity contribution in [2.75, 3.05) is 48.4 Å². The van der Waals surface area contributed by atoms with Crippen LogP contribution in [0.5, 0.6) is 0 Å². The summed E-state index contributed by atoms with van der Waals surface area (Å²) in [5.74, 6) is -1.13. The number of primary amides is 1. The molecule has 1 aliphatic heterocycles. The van der Waals surface area contributed by atoms with Crippen LogP contribution in [-0.2, 0) is 11.8 Å². The number of hydrogen-bond acceptors (Lipinski definition) is 8. The van der Waals surface area contributed by atoms with Crippen molar-refractivity contribution in [3.05, 3.63) is 54.5 Å². The van der Waals surface area contributed by atoms with E-state index in [0.717, 1.165) is 24.3 Å². The van der Waals surface area contributed by atoms with Gasteiger partial charge in [-0.05, 0) is 30.3 Å². The second-order valence-electron chi connectivity index (χ2n) is 8.75. The molecule has 0 atom stereocenters.